The Hall–Kier alpha value is -2.13. The second kappa shape index (κ2) is 6.95. The average molecular weight is 457 g/mol. The SMILES string of the molecule is O=C(NC1CC2(C1)CC(c1nc3cc(Cl)ccc3o1)C2)c1ccc(SC(F)(F)F)o1. The summed E-state index contributed by atoms with van der Waals surface area (Å²) in [7, 11) is 0. The van der Waals surface area contributed by atoms with Gasteiger partial charge in [0.1, 0.15) is 5.52 Å². The van der Waals surface area contributed by atoms with Crippen LogP contribution in [0.3, 0.4) is 0 Å². The van der Waals surface area contributed by atoms with E-state index in [9.17, 15) is 18.0 Å². The van der Waals surface area contributed by atoms with Gasteiger partial charge in [-0.3, -0.25) is 4.79 Å². The van der Waals surface area contributed by atoms with Crippen molar-refractivity contribution in [3.63, 3.8) is 0 Å². The van der Waals surface area contributed by atoms with Crippen LogP contribution in [0.25, 0.3) is 11.1 Å². The number of hydrogen-bond donors (Lipinski definition) is 1. The predicted molar refractivity (Wildman–Crippen MR) is 105 cm³/mol. The van der Waals surface area contributed by atoms with Gasteiger partial charge in [-0.1, -0.05) is 11.6 Å². The minimum absolute atomic E-state index is 0.00953. The van der Waals surface area contributed by atoms with E-state index < -0.39 is 11.4 Å². The Morgan fingerprint density at radius 2 is 1.93 bits per heavy atom. The molecule has 5 nitrogen and oxygen atoms in total. The first-order valence-corrected chi connectivity index (χ1v) is 10.6. The third kappa shape index (κ3) is 3.80. The highest BCUT2D eigenvalue weighted by molar-refractivity contribution is 8.00. The Morgan fingerprint density at radius 1 is 1.17 bits per heavy atom. The Labute approximate surface area is 178 Å². The lowest BCUT2D eigenvalue weighted by atomic mass is 9.50. The smallest absolute Gasteiger partial charge is 0.444 e. The van der Waals surface area contributed by atoms with Crippen LogP contribution in [0.15, 0.2) is 44.3 Å². The quantitative estimate of drug-likeness (QED) is 0.477. The first-order chi connectivity index (χ1) is 14.2. The molecular weight excluding hydrogens is 441 g/mol. The molecule has 1 amide bonds. The van der Waals surface area contributed by atoms with E-state index in [1.165, 1.54) is 6.07 Å². The Balaban J connectivity index is 1.13. The topological polar surface area (TPSA) is 68.3 Å². The van der Waals surface area contributed by atoms with E-state index in [-0.39, 0.29) is 40.0 Å². The van der Waals surface area contributed by atoms with E-state index in [1.54, 1.807) is 12.1 Å². The number of oxazole rings is 1. The summed E-state index contributed by atoms with van der Waals surface area (Å²) in [6.07, 6.45) is 3.53. The van der Waals surface area contributed by atoms with E-state index >= 15 is 0 Å². The molecule has 2 aromatic heterocycles. The summed E-state index contributed by atoms with van der Waals surface area (Å²) in [6.45, 7) is 0. The van der Waals surface area contributed by atoms with Gasteiger partial charge in [-0.15, -0.1) is 0 Å². The van der Waals surface area contributed by atoms with Gasteiger partial charge in [0.2, 0.25) is 0 Å². The first kappa shape index (κ1) is 19.8. The van der Waals surface area contributed by atoms with Crippen molar-refractivity contribution in [1.29, 1.82) is 0 Å². The summed E-state index contributed by atoms with van der Waals surface area (Å²) < 4.78 is 48.0. The zero-order valence-electron chi connectivity index (χ0n) is 15.5. The lowest BCUT2D eigenvalue weighted by molar-refractivity contribution is -0.0336. The highest BCUT2D eigenvalue weighted by Crippen LogP contribution is 2.61. The van der Waals surface area contributed by atoms with Crippen LogP contribution in [0.1, 0.15) is 48.0 Å². The Bertz CT molecular complexity index is 1110. The first-order valence-electron chi connectivity index (χ1n) is 9.41. The number of amides is 1. The molecule has 0 saturated heterocycles. The van der Waals surface area contributed by atoms with Crippen LogP contribution in [-0.2, 0) is 0 Å². The van der Waals surface area contributed by atoms with Gasteiger partial charge in [0.15, 0.2) is 22.3 Å². The van der Waals surface area contributed by atoms with Gasteiger partial charge in [-0.05, 0) is 61.4 Å². The normalized spacial score (nSPS) is 25.9. The number of furan rings is 1. The second-order valence-corrected chi connectivity index (χ2v) is 9.52. The average Bonchev–Trinajstić information content (AvgIpc) is 3.20. The molecule has 2 heterocycles. The summed E-state index contributed by atoms with van der Waals surface area (Å²) in [5.41, 5.74) is -2.82. The van der Waals surface area contributed by atoms with Crippen molar-refractivity contribution in [2.24, 2.45) is 5.41 Å². The van der Waals surface area contributed by atoms with Gasteiger partial charge < -0.3 is 14.2 Å². The predicted octanol–water partition coefficient (Wildman–Crippen LogP) is 6.14. The third-order valence-corrected chi connectivity index (χ3v) is 6.68. The minimum atomic E-state index is -4.45. The van der Waals surface area contributed by atoms with Crippen molar-refractivity contribution in [2.75, 3.05) is 0 Å². The molecule has 2 aliphatic carbocycles. The summed E-state index contributed by atoms with van der Waals surface area (Å²) >= 11 is 5.61. The molecule has 10 heteroatoms. The number of nitrogens with one attached hydrogen (secondary N) is 1. The number of nitrogens with zero attached hydrogens (tertiary/aromatic N) is 1. The van der Waals surface area contributed by atoms with E-state index in [4.69, 9.17) is 20.4 Å². The Kier molecular flexibility index (Phi) is 4.59. The Morgan fingerprint density at radius 3 is 2.67 bits per heavy atom. The summed E-state index contributed by atoms with van der Waals surface area (Å²) in [5, 5.41) is 3.11. The molecule has 0 radical (unpaired) electrons. The zero-order valence-corrected chi connectivity index (χ0v) is 17.0. The van der Waals surface area contributed by atoms with E-state index in [0.29, 0.717) is 5.02 Å². The molecule has 0 aliphatic heterocycles. The van der Waals surface area contributed by atoms with Gasteiger partial charge >= 0.3 is 5.51 Å². The van der Waals surface area contributed by atoms with Gasteiger partial charge in [0, 0.05) is 28.7 Å². The molecule has 158 valence electrons. The fraction of sp³-hybridized carbons (Fsp3) is 0.400. The van der Waals surface area contributed by atoms with Gasteiger partial charge in [0.25, 0.3) is 5.91 Å². The monoisotopic (exact) mass is 456 g/mol. The lowest BCUT2D eigenvalue weighted by Crippen LogP contribution is -2.55. The van der Waals surface area contributed by atoms with E-state index in [1.807, 2.05) is 6.07 Å². The lowest BCUT2D eigenvalue weighted by Gasteiger charge is -2.57. The van der Waals surface area contributed by atoms with Crippen LogP contribution < -0.4 is 5.32 Å². The summed E-state index contributed by atoms with van der Waals surface area (Å²) in [5.74, 6) is 0.366. The molecule has 1 N–H and O–H groups in total. The number of alkyl halides is 3. The van der Waals surface area contributed by atoms with Gasteiger partial charge in [0.05, 0.1) is 0 Å². The maximum atomic E-state index is 12.4. The second-order valence-electron chi connectivity index (χ2n) is 8.01. The molecule has 2 saturated carbocycles. The van der Waals surface area contributed by atoms with E-state index in [2.05, 4.69) is 10.3 Å². The van der Waals surface area contributed by atoms with Crippen molar-refractivity contribution in [3.05, 3.63) is 47.0 Å². The molecule has 0 unspecified atom stereocenters. The van der Waals surface area contributed by atoms with Gasteiger partial charge in [-0.25, -0.2) is 4.98 Å². The number of fused-ring (bicyclic) bond motifs is 1. The third-order valence-electron chi connectivity index (χ3n) is 5.79. The maximum Gasteiger partial charge on any atom is 0.449 e. The number of carbonyl (C=O) groups excluding carboxylic acids is 1. The van der Waals surface area contributed by atoms with Crippen LogP contribution in [0, 0.1) is 5.41 Å². The molecule has 0 atom stereocenters. The number of benzene rings is 1. The standard InChI is InChI=1S/C20H16ClF3N2O3S/c21-11-1-2-14-13(5-11)26-18(29-14)10-6-19(7-10)8-12(9-19)25-17(27)15-3-4-16(28-15)30-20(22,23)24/h1-5,10,12H,6-9H2,(H,25,27). The number of aromatic nitrogens is 1. The fourth-order valence-corrected chi connectivity index (χ4v) is 5.20. The zero-order chi connectivity index (χ0) is 21.1. The molecule has 5 rings (SSSR count). The molecule has 1 spiro atoms. The molecule has 2 aliphatic rings. The van der Waals surface area contributed by atoms with Crippen LogP contribution >= 0.6 is 23.4 Å². The fourth-order valence-electron chi connectivity index (χ4n) is 4.54. The number of hydrogen-bond acceptors (Lipinski definition) is 5. The van der Waals surface area contributed by atoms with Crippen LogP contribution in [0.5, 0.6) is 0 Å². The summed E-state index contributed by atoms with van der Waals surface area (Å²) in [6, 6.07) is 7.76. The van der Waals surface area contributed by atoms with Crippen molar-refractivity contribution < 1.29 is 26.8 Å². The number of rotatable bonds is 4. The maximum absolute atomic E-state index is 12.4. The van der Waals surface area contributed by atoms with Crippen molar-refractivity contribution in [3.8, 4) is 0 Å². The van der Waals surface area contributed by atoms with Crippen LogP contribution in [0.4, 0.5) is 13.2 Å². The molecule has 1 aromatic carbocycles. The number of thioether (sulfide) groups is 1. The highest BCUT2D eigenvalue weighted by Gasteiger charge is 2.54. The number of carbonyl (C=O) groups is 1. The van der Waals surface area contributed by atoms with E-state index in [0.717, 1.165) is 48.7 Å². The molecule has 2 fully saturated rings. The highest BCUT2D eigenvalue weighted by atomic mass is 35.5. The molecule has 30 heavy (non-hydrogen) atoms. The number of halogens is 4. The van der Waals surface area contributed by atoms with Crippen molar-refractivity contribution in [2.45, 2.75) is 48.2 Å². The summed E-state index contributed by atoms with van der Waals surface area (Å²) in [4.78, 5) is 16.8. The van der Waals surface area contributed by atoms with Crippen molar-refractivity contribution in [1.82, 2.24) is 10.3 Å². The minimum Gasteiger partial charge on any atom is -0.444 e. The van der Waals surface area contributed by atoms with Crippen LogP contribution in [-0.4, -0.2) is 22.4 Å². The molecule has 0 bridgehead atoms. The largest absolute Gasteiger partial charge is 0.449 e. The molecule has 3 aromatic rings. The van der Waals surface area contributed by atoms with Gasteiger partial charge in [-0.2, -0.15) is 13.2 Å². The molecular formula is C20H16ClF3N2O3S. The van der Waals surface area contributed by atoms with Crippen LogP contribution in [0.2, 0.25) is 5.02 Å². The van der Waals surface area contributed by atoms with Crippen molar-refractivity contribution >= 4 is 40.4 Å².